The number of halogens is 1. The highest BCUT2D eigenvalue weighted by Gasteiger charge is 2.25. The minimum atomic E-state index is -1.08. The molecule has 3 aromatic carbocycles. The number of para-hydroxylation sites is 2. The molecule has 5 nitrogen and oxygen atoms in total. The number of rotatable bonds is 6. The van der Waals surface area contributed by atoms with Crippen molar-refractivity contribution in [2.45, 2.75) is 5.92 Å². The Bertz CT molecular complexity index is 1000. The summed E-state index contributed by atoms with van der Waals surface area (Å²) < 4.78 is 5.26. The van der Waals surface area contributed by atoms with E-state index < -0.39 is 17.8 Å². The Hall–Kier alpha value is -3.05. The molecule has 0 aliphatic heterocycles. The van der Waals surface area contributed by atoms with E-state index in [-0.39, 0.29) is 11.4 Å². The number of fused-ring (bicyclic) bond motifs is 1. The first kappa shape index (κ1) is 18.7. The van der Waals surface area contributed by atoms with Crippen molar-refractivity contribution in [1.29, 1.82) is 0 Å². The molecule has 27 heavy (non-hydrogen) atoms. The van der Waals surface area contributed by atoms with Crippen molar-refractivity contribution in [3.63, 3.8) is 0 Å². The van der Waals surface area contributed by atoms with E-state index in [0.29, 0.717) is 17.0 Å². The van der Waals surface area contributed by atoms with Crippen LogP contribution in [0, 0.1) is 0 Å². The number of carboxylic acids is 1. The zero-order valence-electron chi connectivity index (χ0n) is 14.6. The minimum Gasteiger partial charge on any atom is -0.495 e. The highest BCUT2D eigenvalue weighted by molar-refractivity contribution is 6.20. The van der Waals surface area contributed by atoms with Gasteiger partial charge in [0.05, 0.1) is 18.7 Å². The normalized spacial score (nSPS) is 11.8. The monoisotopic (exact) mass is 383 g/mol. The second-order valence-electron chi connectivity index (χ2n) is 5.99. The van der Waals surface area contributed by atoms with Crippen molar-refractivity contribution in [3.8, 4) is 5.75 Å². The number of carbonyl (C=O) groups excluding carboxylic acids is 1. The molecule has 0 spiro atoms. The molecule has 3 rings (SSSR count). The molecule has 0 aliphatic carbocycles. The van der Waals surface area contributed by atoms with E-state index in [9.17, 15) is 14.7 Å². The van der Waals surface area contributed by atoms with Gasteiger partial charge in [0.25, 0.3) is 5.91 Å². The average molecular weight is 384 g/mol. The Morgan fingerprint density at radius 3 is 2.33 bits per heavy atom. The van der Waals surface area contributed by atoms with Crippen LogP contribution in [0.1, 0.15) is 21.8 Å². The summed E-state index contributed by atoms with van der Waals surface area (Å²) in [7, 11) is 1.51. The first-order valence-electron chi connectivity index (χ1n) is 8.31. The third-order valence-electron chi connectivity index (χ3n) is 4.35. The number of anilines is 1. The summed E-state index contributed by atoms with van der Waals surface area (Å²) in [5, 5.41) is 14.0. The van der Waals surface area contributed by atoms with Crippen LogP contribution < -0.4 is 10.1 Å². The van der Waals surface area contributed by atoms with Gasteiger partial charge in [-0.25, -0.2) is 0 Å². The van der Waals surface area contributed by atoms with Crippen LogP contribution in [-0.4, -0.2) is 30.0 Å². The molecule has 0 saturated carbocycles. The maximum absolute atomic E-state index is 13.0. The molecule has 1 unspecified atom stereocenters. The van der Waals surface area contributed by atoms with Crippen molar-refractivity contribution in [1.82, 2.24) is 0 Å². The zero-order valence-corrected chi connectivity index (χ0v) is 15.4. The third kappa shape index (κ3) is 3.88. The molecule has 0 bridgehead atoms. The van der Waals surface area contributed by atoms with E-state index in [1.165, 1.54) is 7.11 Å². The lowest BCUT2D eigenvalue weighted by Crippen LogP contribution is -2.20. The molecule has 138 valence electrons. The van der Waals surface area contributed by atoms with Gasteiger partial charge in [-0.15, -0.1) is 11.6 Å². The number of hydrogen-bond donors (Lipinski definition) is 2. The number of amides is 1. The molecule has 0 heterocycles. The van der Waals surface area contributed by atoms with Gasteiger partial charge in [-0.05, 0) is 40.6 Å². The molecule has 0 radical (unpaired) electrons. The Kier molecular flexibility index (Phi) is 5.62. The Morgan fingerprint density at radius 1 is 1.07 bits per heavy atom. The fraction of sp³-hybridized carbons (Fsp3) is 0.143. The fourth-order valence-corrected chi connectivity index (χ4v) is 3.26. The quantitative estimate of drug-likeness (QED) is 0.614. The van der Waals surface area contributed by atoms with Crippen molar-refractivity contribution in [2.24, 2.45) is 0 Å². The number of carboxylic acid groups (broad SMARTS) is 1. The van der Waals surface area contributed by atoms with Gasteiger partial charge in [0.2, 0.25) is 0 Å². The predicted molar refractivity (Wildman–Crippen MR) is 106 cm³/mol. The molecule has 1 atom stereocenters. The average Bonchev–Trinajstić information content (AvgIpc) is 2.68. The molecule has 0 aromatic heterocycles. The largest absolute Gasteiger partial charge is 0.495 e. The Labute approximate surface area is 161 Å². The van der Waals surface area contributed by atoms with Crippen LogP contribution in [0.2, 0.25) is 0 Å². The Balaban J connectivity index is 2.10. The summed E-state index contributed by atoms with van der Waals surface area (Å²) in [5.74, 6) is -2.11. The Morgan fingerprint density at radius 2 is 1.70 bits per heavy atom. The lowest BCUT2D eigenvalue weighted by molar-refractivity contribution is -0.138. The first-order chi connectivity index (χ1) is 13.0. The molecule has 0 saturated heterocycles. The maximum atomic E-state index is 13.0. The smallest absolute Gasteiger partial charge is 0.312 e. The highest BCUT2D eigenvalue weighted by Crippen LogP contribution is 2.30. The lowest BCUT2D eigenvalue weighted by atomic mass is 9.92. The number of methoxy groups -OCH3 is 1. The van der Waals surface area contributed by atoms with Crippen LogP contribution in [0.4, 0.5) is 5.69 Å². The van der Waals surface area contributed by atoms with Crippen LogP contribution in [-0.2, 0) is 4.79 Å². The summed E-state index contributed by atoms with van der Waals surface area (Å²) in [6, 6.07) is 17.9. The summed E-state index contributed by atoms with van der Waals surface area (Å²) in [4.78, 5) is 24.7. The van der Waals surface area contributed by atoms with E-state index >= 15 is 0 Å². The van der Waals surface area contributed by atoms with Gasteiger partial charge >= 0.3 is 5.97 Å². The fourth-order valence-electron chi connectivity index (χ4n) is 2.96. The van der Waals surface area contributed by atoms with E-state index in [2.05, 4.69) is 5.32 Å². The van der Waals surface area contributed by atoms with Gasteiger partial charge in [-0.3, -0.25) is 9.59 Å². The van der Waals surface area contributed by atoms with E-state index in [0.717, 1.165) is 10.8 Å². The van der Waals surface area contributed by atoms with Gasteiger partial charge in [0, 0.05) is 11.4 Å². The van der Waals surface area contributed by atoms with Crippen LogP contribution in [0.25, 0.3) is 10.8 Å². The van der Waals surface area contributed by atoms with E-state index in [1.807, 2.05) is 24.3 Å². The van der Waals surface area contributed by atoms with Crippen LogP contribution in [0.3, 0.4) is 0 Å². The van der Waals surface area contributed by atoms with Gasteiger partial charge in [-0.1, -0.05) is 36.4 Å². The highest BCUT2D eigenvalue weighted by atomic mass is 35.5. The molecule has 0 aliphatic rings. The number of ether oxygens (including phenoxy) is 1. The number of nitrogens with one attached hydrogen (secondary N) is 1. The van der Waals surface area contributed by atoms with Crippen molar-refractivity contribution >= 4 is 39.9 Å². The number of hydrogen-bond acceptors (Lipinski definition) is 3. The summed E-state index contributed by atoms with van der Waals surface area (Å²) in [6.45, 7) is 0. The van der Waals surface area contributed by atoms with Crippen molar-refractivity contribution in [3.05, 3.63) is 71.8 Å². The maximum Gasteiger partial charge on any atom is 0.312 e. The molecule has 1 amide bonds. The lowest BCUT2D eigenvalue weighted by Gasteiger charge is -2.17. The third-order valence-corrected chi connectivity index (χ3v) is 4.65. The standard InChI is InChI=1S/C21H18ClNO4/c1-27-19-9-5-4-8-18(19)23-20(24)16-11-14-7-3-2-6-13(14)10-15(16)17(12-22)21(25)26/h2-11,17H,12H2,1H3,(H,23,24)(H,25,26). The van der Waals surface area contributed by atoms with Gasteiger partial charge < -0.3 is 15.2 Å². The summed E-state index contributed by atoms with van der Waals surface area (Å²) in [5.41, 5.74) is 1.15. The number of benzene rings is 3. The molecule has 3 aromatic rings. The zero-order chi connectivity index (χ0) is 19.4. The second-order valence-corrected chi connectivity index (χ2v) is 6.29. The molecule has 0 fully saturated rings. The number of aliphatic carboxylic acids is 1. The molecule has 6 heteroatoms. The van der Waals surface area contributed by atoms with E-state index in [4.69, 9.17) is 16.3 Å². The summed E-state index contributed by atoms with van der Waals surface area (Å²) >= 11 is 5.90. The first-order valence-corrected chi connectivity index (χ1v) is 8.84. The molecule has 2 N–H and O–H groups in total. The predicted octanol–water partition coefficient (Wildman–Crippen LogP) is 4.51. The SMILES string of the molecule is COc1ccccc1NC(=O)c1cc2ccccc2cc1C(CCl)C(=O)O. The molecular formula is C21H18ClNO4. The van der Waals surface area contributed by atoms with E-state index in [1.54, 1.807) is 36.4 Å². The summed E-state index contributed by atoms with van der Waals surface area (Å²) in [6.07, 6.45) is 0. The van der Waals surface area contributed by atoms with Gasteiger partial charge in [0.1, 0.15) is 5.75 Å². The minimum absolute atomic E-state index is 0.136. The van der Waals surface area contributed by atoms with Crippen molar-refractivity contribution in [2.75, 3.05) is 18.3 Å². The van der Waals surface area contributed by atoms with Crippen LogP contribution in [0.15, 0.2) is 60.7 Å². The number of carbonyl (C=O) groups is 2. The second kappa shape index (κ2) is 8.10. The van der Waals surface area contributed by atoms with Crippen LogP contribution in [0.5, 0.6) is 5.75 Å². The van der Waals surface area contributed by atoms with Crippen molar-refractivity contribution < 1.29 is 19.4 Å². The van der Waals surface area contributed by atoms with Gasteiger partial charge in [0.15, 0.2) is 0 Å². The molecular weight excluding hydrogens is 366 g/mol. The van der Waals surface area contributed by atoms with Crippen LogP contribution >= 0.6 is 11.6 Å². The topological polar surface area (TPSA) is 75.6 Å². The van der Waals surface area contributed by atoms with Gasteiger partial charge in [-0.2, -0.15) is 0 Å². The number of alkyl halides is 1.